The Balaban J connectivity index is 1.90. The second kappa shape index (κ2) is 11.6. The Labute approximate surface area is 270 Å². The number of benzene rings is 4. The Morgan fingerprint density at radius 1 is 0.773 bits per heavy atom. The third kappa shape index (κ3) is 4.67. The van der Waals surface area contributed by atoms with Gasteiger partial charge in [0.1, 0.15) is 0 Å². The van der Waals surface area contributed by atoms with Crippen LogP contribution in [0.5, 0.6) is 0 Å². The number of carbonyl (C=O) groups excluding carboxylic acids is 1. The molecule has 0 aromatic heterocycles. The monoisotopic (exact) mass is 618 g/mol. The fourth-order valence-corrected chi connectivity index (χ4v) is 8.20. The van der Waals surface area contributed by atoms with E-state index in [2.05, 4.69) is 94.4 Å². The minimum Gasteiger partial charge on any atom is -0.466 e. The second-order valence-corrected chi connectivity index (χ2v) is 13.1. The molecule has 0 aliphatic heterocycles. The van der Waals surface area contributed by atoms with Crippen LogP contribution in [-0.2, 0) is 14.9 Å². The van der Waals surface area contributed by atoms with Gasteiger partial charge >= 0.3 is 5.97 Å². The van der Waals surface area contributed by atoms with Crippen LogP contribution in [0, 0.1) is 5.41 Å². The van der Waals surface area contributed by atoms with Crippen LogP contribution in [-0.4, -0.2) is 12.6 Å². The molecule has 2 aliphatic rings. The third-order valence-electron chi connectivity index (χ3n) is 9.06. The highest BCUT2D eigenvalue weighted by atomic mass is 35.5. The van der Waals surface area contributed by atoms with Crippen LogP contribution < -0.4 is 0 Å². The third-order valence-corrected chi connectivity index (χ3v) is 9.64. The van der Waals surface area contributed by atoms with Crippen molar-refractivity contribution in [1.29, 1.82) is 0 Å². The van der Waals surface area contributed by atoms with Crippen molar-refractivity contribution in [1.82, 2.24) is 0 Å². The molecule has 0 heterocycles. The molecular formula is C40H36Cl2O2. The molecular weight excluding hydrogens is 583 g/mol. The van der Waals surface area contributed by atoms with E-state index in [4.69, 9.17) is 27.9 Å². The molecule has 222 valence electrons. The van der Waals surface area contributed by atoms with Crippen molar-refractivity contribution >= 4 is 40.3 Å². The number of hydrogen-bond donors (Lipinski definition) is 0. The first-order valence-electron chi connectivity index (χ1n) is 15.1. The number of fused-ring (bicyclic) bond motifs is 3. The molecule has 0 N–H and O–H groups in total. The average molecular weight is 620 g/mol. The summed E-state index contributed by atoms with van der Waals surface area (Å²) in [7, 11) is 0. The van der Waals surface area contributed by atoms with Gasteiger partial charge in [-0.2, -0.15) is 0 Å². The van der Waals surface area contributed by atoms with Gasteiger partial charge in [0, 0.05) is 21.0 Å². The normalized spacial score (nSPS) is 19.5. The van der Waals surface area contributed by atoms with Gasteiger partial charge in [-0.25, -0.2) is 0 Å². The number of hydrogen-bond acceptors (Lipinski definition) is 2. The first-order chi connectivity index (χ1) is 21.1. The average Bonchev–Trinajstić information content (AvgIpc) is 3.40. The lowest BCUT2D eigenvalue weighted by Gasteiger charge is -2.33. The molecule has 2 nitrogen and oxygen atoms in total. The fourth-order valence-electron chi connectivity index (χ4n) is 7.85. The maximum atomic E-state index is 13.9. The van der Waals surface area contributed by atoms with Crippen molar-refractivity contribution in [2.45, 2.75) is 46.5 Å². The predicted molar refractivity (Wildman–Crippen MR) is 183 cm³/mol. The molecule has 44 heavy (non-hydrogen) atoms. The Morgan fingerprint density at radius 3 is 2.07 bits per heavy atom. The molecule has 4 aromatic carbocycles. The zero-order valence-electron chi connectivity index (χ0n) is 25.8. The zero-order valence-corrected chi connectivity index (χ0v) is 27.3. The maximum absolute atomic E-state index is 13.9. The Hall–Kier alpha value is -3.85. The van der Waals surface area contributed by atoms with E-state index in [0.29, 0.717) is 16.7 Å². The molecule has 6 rings (SSSR count). The van der Waals surface area contributed by atoms with E-state index in [1.54, 1.807) is 0 Å². The van der Waals surface area contributed by atoms with Crippen LogP contribution in [0.15, 0.2) is 125 Å². The molecule has 0 spiro atoms. The summed E-state index contributed by atoms with van der Waals surface area (Å²) >= 11 is 13.5. The largest absolute Gasteiger partial charge is 0.466 e. The highest BCUT2D eigenvalue weighted by molar-refractivity contribution is 6.33. The van der Waals surface area contributed by atoms with Crippen molar-refractivity contribution in [3.63, 3.8) is 0 Å². The number of rotatable bonds is 6. The first-order valence-corrected chi connectivity index (χ1v) is 15.9. The maximum Gasteiger partial charge on any atom is 0.307 e. The van der Waals surface area contributed by atoms with Crippen molar-refractivity contribution in [3.8, 4) is 0 Å². The van der Waals surface area contributed by atoms with Crippen molar-refractivity contribution in [3.05, 3.63) is 163 Å². The van der Waals surface area contributed by atoms with Gasteiger partial charge < -0.3 is 4.74 Å². The van der Waals surface area contributed by atoms with Crippen LogP contribution in [0.25, 0.3) is 11.1 Å². The van der Waals surface area contributed by atoms with Crippen molar-refractivity contribution in [2.24, 2.45) is 5.41 Å². The second-order valence-electron chi connectivity index (χ2n) is 12.3. The molecule has 1 saturated carbocycles. The smallest absolute Gasteiger partial charge is 0.307 e. The molecule has 1 fully saturated rings. The first kappa shape index (κ1) is 30.2. The van der Waals surface area contributed by atoms with E-state index in [0.717, 1.165) is 39.0 Å². The lowest BCUT2D eigenvalue weighted by Crippen LogP contribution is -2.31. The van der Waals surface area contributed by atoms with E-state index >= 15 is 0 Å². The van der Waals surface area contributed by atoms with E-state index in [-0.39, 0.29) is 12.4 Å². The minimum atomic E-state index is -0.807. The Morgan fingerprint density at radius 2 is 1.41 bits per heavy atom. The van der Waals surface area contributed by atoms with E-state index < -0.39 is 10.8 Å². The van der Waals surface area contributed by atoms with Gasteiger partial charge in [0.15, 0.2) is 0 Å². The molecule has 2 aliphatic carbocycles. The molecule has 1 atom stereocenters. The van der Waals surface area contributed by atoms with Gasteiger partial charge in [-0.15, -0.1) is 0 Å². The van der Waals surface area contributed by atoms with Crippen LogP contribution >= 0.6 is 23.2 Å². The Bertz CT molecular complexity index is 1860. The molecule has 0 radical (unpaired) electrons. The topological polar surface area (TPSA) is 26.3 Å². The van der Waals surface area contributed by atoms with Gasteiger partial charge in [0.2, 0.25) is 0 Å². The number of ether oxygens (including phenoxy) is 1. The summed E-state index contributed by atoms with van der Waals surface area (Å²) in [4.78, 5) is 13.9. The lowest BCUT2D eigenvalue weighted by atomic mass is 9.68. The molecule has 0 saturated heterocycles. The number of esters is 1. The van der Waals surface area contributed by atoms with E-state index in [1.807, 2.05) is 43.3 Å². The lowest BCUT2D eigenvalue weighted by molar-refractivity contribution is -0.144. The summed E-state index contributed by atoms with van der Waals surface area (Å²) in [5, 5.41) is 1.31. The van der Waals surface area contributed by atoms with Crippen LogP contribution in [0.4, 0.5) is 0 Å². The van der Waals surface area contributed by atoms with Crippen molar-refractivity contribution in [2.75, 3.05) is 6.61 Å². The standard InChI is InChI=1S/C40H36Cl2O2/c1-6-44-33(43)24-40-31-18-12-10-16-29(31)35(26-14-8-7-9-15-26)38(40)39(4,5)36(25(2)3)37(40)34(27-20-22-28(41)23-21-27)30-17-11-13-19-32(30)42/h7-23H,6,24H2,1-5H3/b37-34-/t40-/m0/s1. The van der Waals surface area contributed by atoms with Gasteiger partial charge in [-0.3, -0.25) is 4.79 Å². The molecule has 0 unspecified atom stereocenters. The van der Waals surface area contributed by atoms with Gasteiger partial charge in [0.25, 0.3) is 0 Å². The molecule has 4 heteroatoms. The summed E-state index contributed by atoms with van der Waals surface area (Å²) in [6, 6.07) is 35.1. The van der Waals surface area contributed by atoms with Gasteiger partial charge in [-0.1, -0.05) is 128 Å². The minimum absolute atomic E-state index is 0.167. The van der Waals surface area contributed by atoms with Crippen molar-refractivity contribution < 1.29 is 9.53 Å². The predicted octanol–water partition coefficient (Wildman–Crippen LogP) is 10.9. The summed E-state index contributed by atoms with van der Waals surface area (Å²) in [5.74, 6) is -0.230. The molecule has 0 bridgehead atoms. The van der Waals surface area contributed by atoms with Crippen LogP contribution in [0.2, 0.25) is 10.0 Å². The van der Waals surface area contributed by atoms with Gasteiger partial charge in [-0.05, 0) is 89.1 Å². The highest BCUT2D eigenvalue weighted by Crippen LogP contribution is 2.71. The SMILES string of the molecule is CCOC(=O)C[C@]12C(=C(c3ccccc3)c3ccccc31)C(C)(C)C(=C(C)C)/C2=C(\c1ccc(Cl)cc1)c1ccccc1Cl. The fraction of sp³-hybridized carbons (Fsp3) is 0.225. The summed E-state index contributed by atoms with van der Waals surface area (Å²) in [6.45, 7) is 11.1. The van der Waals surface area contributed by atoms with E-state index in [9.17, 15) is 4.79 Å². The number of carbonyl (C=O) groups is 1. The number of halogens is 2. The molecule has 0 amide bonds. The summed E-state index contributed by atoms with van der Waals surface area (Å²) < 4.78 is 5.76. The van der Waals surface area contributed by atoms with Gasteiger partial charge in [0.05, 0.1) is 18.4 Å². The zero-order chi connectivity index (χ0) is 31.2. The summed E-state index contributed by atoms with van der Waals surface area (Å²) in [6.07, 6.45) is 0.167. The molecule has 4 aromatic rings. The summed E-state index contributed by atoms with van der Waals surface area (Å²) in [5.41, 5.74) is 10.9. The Kier molecular flexibility index (Phi) is 7.94. The van der Waals surface area contributed by atoms with Crippen LogP contribution in [0.3, 0.4) is 0 Å². The number of allylic oxidation sites excluding steroid dienone is 4. The quantitative estimate of drug-likeness (QED) is 0.201. The highest BCUT2D eigenvalue weighted by Gasteiger charge is 2.62. The van der Waals surface area contributed by atoms with Crippen LogP contribution in [0.1, 0.15) is 68.9 Å². The van der Waals surface area contributed by atoms with E-state index in [1.165, 1.54) is 22.3 Å².